The Morgan fingerprint density at radius 3 is 2.05 bits per heavy atom. The van der Waals surface area contributed by atoms with Gasteiger partial charge in [-0.25, -0.2) is 0 Å². The van der Waals surface area contributed by atoms with E-state index in [0.717, 1.165) is 0 Å². The van der Waals surface area contributed by atoms with Gasteiger partial charge in [0.05, 0.1) is 38.4 Å². The fourth-order valence-electron chi connectivity index (χ4n) is 5.18. The van der Waals surface area contributed by atoms with Gasteiger partial charge >= 0.3 is 0 Å². The predicted octanol–water partition coefficient (Wildman–Crippen LogP) is -1.52. The van der Waals surface area contributed by atoms with E-state index in [1.165, 1.54) is 32.6 Å². The summed E-state index contributed by atoms with van der Waals surface area (Å²) in [6.45, 7) is -1.46. The first-order valence-corrected chi connectivity index (χ1v) is 13.7. The van der Waals surface area contributed by atoms with Gasteiger partial charge in [0, 0.05) is 0 Å². The Morgan fingerprint density at radius 1 is 0.750 bits per heavy atom. The van der Waals surface area contributed by atoms with Crippen LogP contribution in [0, 0.1) is 0 Å². The molecule has 3 aromatic rings. The summed E-state index contributed by atoms with van der Waals surface area (Å²) in [5.74, 6) is 0.560. The summed E-state index contributed by atoms with van der Waals surface area (Å²) >= 11 is 0. The highest BCUT2D eigenvalue weighted by atomic mass is 16.7. The highest BCUT2D eigenvalue weighted by Gasteiger charge is 2.51. The van der Waals surface area contributed by atoms with E-state index >= 15 is 0 Å². The number of hydrogen-bond donors (Lipinski definition) is 7. The lowest BCUT2D eigenvalue weighted by atomic mass is 9.97. The van der Waals surface area contributed by atoms with Gasteiger partial charge in [0.15, 0.2) is 17.6 Å². The fraction of sp³-hybridized carbons (Fsp3) is 0.483. The zero-order valence-corrected chi connectivity index (χ0v) is 23.6. The number of hydrogen-bond acceptors (Lipinski definition) is 15. The maximum atomic E-state index is 13.4. The van der Waals surface area contributed by atoms with Gasteiger partial charge in [-0.05, 0) is 29.8 Å². The number of aliphatic hydroxyl groups is 7. The van der Waals surface area contributed by atoms with E-state index in [0.29, 0.717) is 11.3 Å². The molecule has 2 saturated heterocycles. The lowest BCUT2D eigenvalue weighted by molar-refractivity contribution is -0.352. The SMILES string of the molecule is COc1ccc(-c2coc3c(OC)c(O[C@@H]4O[C@@H](CO)[C@H](O)[C@@H](O[C@@H]5O[C@@H](CO)[C@H](O)[C@H](O)[C@@H]5O)[C@@H]4O)ccc3c2=O)cc1. The zero-order chi connectivity index (χ0) is 31.7. The first kappa shape index (κ1) is 32.1. The number of methoxy groups -OCH3 is 2. The molecule has 0 spiro atoms. The Labute approximate surface area is 249 Å². The molecule has 1 aromatic heterocycles. The van der Waals surface area contributed by atoms with Crippen LogP contribution in [-0.2, 0) is 14.2 Å². The van der Waals surface area contributed by atoms with Crippen LogP contribution < -0.4 is 19.6 Å². The summed E-state index contributed by atoms with van der Waals surface area (Å²) in [7, 11) is 2.84. The van der Waals surface area contributed by atoms with Crippen molar-refractivity contribution in [3.8, 4) is 28.4 Å². The third kappa shape index (κ3) is 5.87. The quantitative estimate of drug-likeness (QED) is 0.144. The molecule has 240 valence electrons. The van der Waals surface area contributed by atoms with Crippen molar-refractivity contribution in [2.45, 2.75) is 61.4 Å². The molecule has 0 saturated carbocycles. The predicted molar refractivity (Wildman–Crippen MR) is 148 cm³/mol. The first-order valence-electron chi connectivity index (χ1n) is 13.7. The van der Waals surface area contributed by atoms with Gasteiger partial charge in [0.25, 0.3) is 0 Å². The number of fused-ring (bicyclic) bond motifs is 1. The largest absolute Gasteiger partial charge is 0.497 e. The van der Waals surface area contributed by atoms with Crippen molar-refractivity contribution in [3.05, 3.63) is 52.9 Å². The highest BCUT2D eigenvalue weighted by molar-refractivity contribution is 5.88. The number of benzene rings is 2. The van der Waals surface area contributed by atoms with Crippen LogP contribution in [0.2, 0.25) is 0 Å². The summed E-state index contributed by atoms with van der Waals surface area (Å²) in [6.07, 6.45) is -15.0. The highest BCUT2D eigenvalue weighted by Crippen LogP contribution is 2.38. The standard InChI is InChI=1S/C29H34O15/c1-38-13-5-3-12(4-6-13)15-11-40-25-14(19(15)32)7-8-16(26(25)39-2)41-29-24(37)27(21(34)18(10-31)43-29)44-28-23(36)22(35)20(33)17(9-30)42-28/h3-8,11,17-18,20-24,27-31,33-37H,9-10H2,1-2H3/t17-,18-,20-,21-,22-,23-,24-,27+,28-,29+/m0/s1. The van der Waals surface area contributed by atoms with Crippen molar-refractivity contribution in [3.63, 3.8) is 0 Å². The Hall–Kier alpha value is -3.35. The molecule has 44 heavy (non-hydrogen) atoms. The molecule has 2 aromatic carbocycles. The summed E-state index contributed by atoms with van der Waals surface area (Å²) in [4.78, 5) is 13.4. The molecular formula is C29H34O15. The van der Waals surface area contributed by atoms with Crippen molar-refractivity contribution < 1.29 is 68.6 Å². The van der Waals surface area contributed by atoms with E-state index in [9.17, 15) is 40.5 Å². The maximum absolute atomic E-state index is 13.4. The molecule has 15 heteroatoms. The van der Waals surface area contributed by atoms with Crippen molar-refractivity contribution >= 4 is 11.0 Å². The topological polar surface area (TPSA) is 227 Å². The number of aliphatic hydroxyl groups excluding tert-OH is 7. The normalized spacial score (nSPS) is 32.4. The van der Waals surface area contributed by atoms with Gasteiger partial charge in [-0.2, -0.15) is 0 Å². The monoisotopic (exact) mass is 622 g/mol. The van der Waals surface area contributed by atoms with Gasteiger partial charge in [-0.15, -0.1) is 0 Å². The van der Waals surface area contributed by atoms with Crippen LogP contribution in [0.25, 0.3) is 22.1 Å². The van der Waals surface area contributed by atoms with Crippen LogP contribution in [0.4, 0.5) is 0 Å². The molecule has 0 aliphatic carbocycles. The molecule has 2 aliphatic heterocycles. The van der Waals surface area contributed by atoms with E-state index in [2.05, 4.69) is 0 Å². The lowest BCUT2D eigenvalue weighted by Crippen LogP contribution is -2.65. The van der Waals surface area contributed by atoms with Gasteiger partial charge < -0.3 is 68.6 Å². The van der Waals surface area contributed by atoms with Crippen molar-refractivity contribution in [2.24, 2.45) is 0 Å². The van der Waals surface area contributed by atoms with E-state index in [4.69, 9.17) is 32.8 Å². The smallest absolute Gasteiger partial charge is 0.229 e. The number of ether oxygens (including phenoxy) is 6. The summed E-state index contributed by atoms with van der Waals surface area (Å²) in [5, 5.41) is 71.9. The molecule has 2 aliphatic rings. The van der Waals surface area contributed by atoms with Crippen LogP contribution in [0.5, 0.6) is 17.2 Å². The second-order valence-electron chi connectivity index (χ2n) is 10.3. The van der Waals surface area contributed by atoms with Crippen LogP contribution in [-0.4, -0.2) is 125 Å². The minimum Gasteiger partial charge on any atom is -0.497 e. The molecule has 10 atom stereocenters. The average molecular weight is 623 g/mol. The van der Waals surface area contributed by atoms with Gasteiger partial charge in [0.1, 0.15) is 60.8 Å². The van der Waals surface area contributed by atoms with Crippen molar-refractivity contribution in [1.82, 2.24) is 0 Å². The Morgan fingerprint density at radius 2 is 1.41 bits per heavy atom. The molecular weight excluding hydrogens is 588 g/mol. The van der Waals surface area contributed by atoms with Crippen LogP contribution >= 0.6 is 0 Å². The van der Waals surface area contributed by atoms with Gasteiger partial charge in [-0.3, -0.25) is 4.79 Å². The van der Waals surface area contributed by atoms with Crippen LogP contribution in [0.15, 0.2) is 51.9 Å². The summed E-state index contributed by atoms with van der Waals surface area (Å²) < 4.78 is 38.8. The van der Waals surface area contributed by atoms with E-state index in [1.807, 2.05) is 0 Å². The minimum absolute atomic E-state index is 0.0187. The maximum Gasteiger partial charge on any atom is 0.229 e. The van der Waals surface area contributed by atoms with E-state index < -0.39 is 74.6 Å². The second kappa shape index (κ2) is 13.3. The van der Waals surface area contributed by atoms with Crippen molar-refractivity contribution in [2.75, 3.05) is 27.4 Å². The fourth-order valence-corrected chi connectivity index (χ4v) is 5.18. The second-order valence-corrected chi connectivity index (χ2v) is 10.3. The molecule has 2 fully saturated rings. The Bertz CT molecular complexity index is 1470. The first-order chi connectivity index (χ1) is 21.1. The number of rotatable bonds is 9. The van der Waals surface area contributed by atoms with E-state index in [-0.39, 0.29) is 33.5 Å². The zero-order valence-electron chi connectivity index (χ0n) is 23.6. The summed E-state index contributed by atoms with van der Waals surface area (Å²) in [5.41, 5.74) is 0.561. The third-order valence-corrected chi connectivity index (χ3v) is 7.67. The Balaban J connectivity index is 1.42. The van der Waals surface area contributed by atoms with Crippen LogP contribution in [0.1, 0.15) is 0 Å². The molecule has 7 N–H and O–H groups in total. The summed E-state index contributed by atoms with van der Waals surface area (Å²) in [6, 6.07) is 9.65. The third-order valence-electron chi connectivity index (χ3n) is 7.67. The average Bonchev–Trinajstić information content (AvgIpc) is 3.04. The molecule has 15 nitrogen and oxygen atoms in total. The molecule has 3 heterocycles. The molecule has 0 bridgehead atoms. The van der Waals surface area contributed by atoms with Gasteiger partial charge in [0.2, 0.25) is 17.5 Å². The molecule has 0 amide bonds. The molecule has 5 rings (SSSR count). The van der Waals surface area contributed by atoms with Crippen molar-refractivity contribution in [1.29, 1.82) is 0 Å². The minimum atomic E-state index is -1.83. The Kier molecular flexibility index (Phi) is 9.71. The molecule has 0 unspecified atom stereocenters. The lowest BCUT2D eigenvalue weighted by Gasteiger charge is -2.45. The van der Waals surface area contributed by atoms with Crippen LogP contribution in [0.3, 0.4) is 0 Å². The van der Waals surface area contributed by atoms with Gasteiger partial charge in [-0.1, -0.05) is 12.1 Å². The molecule has 0 radical (unpaired) electrons. The van der Waals surface area contributed by atoms with E-state index in [1.54, 1.807) is 24.3 Å².